The fourth-order valence-corrected chi connectivity index (χ4v) is 16.4. The Morgan fingerprint density at radius 2 is 0.698 bits per heavy atom. The normalized spacial score (nSPS) is 14.9. The van der Waals surface area contributed by atoms with Gasteiger partial charge < -0.3 is 9.47 Å². The van der Waals surface area contributed by atoms with Crippen LogP contribution < -0.4 is 4.90 Å². The van der Waals surface area contributed by atoms with Gasteiger partial charge in [-0.2, -0.15) is 0 Å². The van der Waals surface area contributed by atoms with Crippen LogP contribution in [0.25, 0.3) is 105 Å². The van der Waals surface area contributed by atoms with Crippen molar-refractivity contribution >= 4 is 49.6 Å². The summed E-state index contributed by atoms with van der Waals surface area (Å²) in [6.45, 7) is 0. The highest BCUT2D eigenvalue weighted by Gasteiger charge is 2.53. The van der Waals surface area contributed by atoms with Crippen molar-refractivity contribution < 1.29 is 0 Å². The Morgan fingerprint density at radius 1 is 0.244 bits per heavy atom. The highest BCUT2D eigenvalue weighted by Crippen LogP contribution is 2.65. The van der Waals surface area contributed by atoms with Gasteiger partial charge >= 0.3 is 0 Å². The highest BCUT2D eigenvalue weighted by atomic mass is 15.1. The summed E-state index contributed by atoms with van der Waals surface area (Å²) in [5, 5.41) is 4.94. The second-order valence-electron chi connectivity index (χ2n) is 23.8. The topological polar surface area (TPSA) is 8.17 Å². The van der Waals surface area contributed by atoms with Crippen LogP contribution in [0.15, 0.2) is 315 Å². The molecule has 0 N–H and O–H groups in total. The maximum absolute atomic E-state index is 2.53. The Labute approximate surface area is 499 Å². The van der Waals surface area contributed by atoms with Crippen molar-refractivity contribution in [1.29, 1.82) is 0 Å². The van der Waals surface area contributed by atoms with Crippen LogP contribution in [-0.2, 0) is 10.8 Å². The summed E-state index contributed by atoms with van der Waals surface area (Å²) in [5.74, 6) is 0. The molecule has 1 unspecified atom stereocenters. The van der Waals surface area contributed by atoms with Crippen LogP contribution in [0.2, 0.25) is 0 Å². The Hall–Kier alpha value is -11.1. The maximum atomic E-state index is 2.53. The largest absolute Gasteiger partial charge is 0.310 e. The molecule has 19 rings (SSSR count). The van der Waals surface area contributed by atoms with Crippen molar-refractivity contribution in [3.63, 3.8) is 0 Å². The number of para-hydroxylation sites is 4. The first kappa shape index (κ1) is 47.4. The van der Waals surface area contributed by atoms with Crippen molar-refractivity contribution in [2.75, 3.05) is 4.90 Å². The van der Waals surface area contributed by atoms with Gasteiger partial charge in [0.05, 0.1) is 33.2 Å². The van der Waals surface area contributed by atoms with Crippen molar-refractivity contribution in [3.8, 4) is 72.4 Å². The van der Waals surface area contributed by atoms with E-state index in [0.717, 1.165) is 28.2 Å². The molecule has 0 amide bonds. The molecule has 2 nitrogen and oxygen atoms in total. The van der Waals surface area contributed by atoms with Crippen LogP contribution in [0.3, 0.4) is 0 Å². The summed E-state index contributed by atoms with van der Waals surface area (Å²) in [6, 6.07) is 119. The van der Waals surface area contributed by atoms with Crippen molar-refractivity contribution in [3.05, 3.63) is 360 Å². The van der Waals surface area contributed by atoms with E-state index in [9.17, 15) is 0 Å². The maximum Gasteiger partial charge on any atom is 0.0754 e. The number of hydrogen-bond donors (Lipinski definition) is 0. The first-order valence-electron chi connectivity index (χ1n) is 30.1. The average Bonchev–Trinajstić information content (AvgIpc) is 1.59. The van der Waals surface area contributed by atoms with Gasteiger partial charge in [0.25, 0.3) is 0 Å². The molecule has 2 heteroatoms. The lowest BCUT2D eigenvalue weighted by Gasteiger charge is -2.39. The van der Waals surface area contributed by atoms with Crippen molar-refractivity contribution in [2.24, 2.45) is 0 Å². The molecule has 0 radical (unpaired) electrons. The van der Waals surface area contributed by atoms with E-state index in [1.165, 1.54) is 138 Å². The number of fused-ring (bicyclic) bond motifs is 23. The number of aromatic nitrogens is 1. The summed E-state index contributed by atoms with van der Waals surface area (Å²) >= 11 is 0. The molecule has 0 fully saturated rings. The molecule has 15 aromatic rings. The minimum absolute atomic E-state index is 0.488. The molecule has 86 heavy (non-hydrogen) atoms. The van der Waals surface area contributed by atoms with Gasteiger partial charge in [-0.05, 0) is 177 Å². The summed E-state index contributed by atoms with van der Waals surface area (Å²) in [5.41, 5.74) is 31.6. The molecule has 1 atom stereocenters. The number of rotatable bonds is 6. The van der Waals surface area contributed by atoms with Crippen molar-refractivity contribution in [2.45, 2.75) is 10.8 Å². The van der Waals surface area contributed by atoms with E-state index in [2.05, 4.69) is 325 Å². The second kappa shape index (κ2) is 17.7. The second-order valence-corrected chi connectivity index (χ2v) is 23.8. The third-order valence-corrected chi connectivity index (χ3v) is 19.8. The van der Waals surface area contributed by atoms with E-state index in [-0.39, 0.29) is 0 Å². The molecule has 398 valence electrons. The van der Waals surface area contributed by atoms with Crippen LogP contribution >= 0.6 is 0 Å². The third kappa shape index (κ3) is 6.24. The van der Waals surface area contributed by atoms with E-state index in [0.29, 0.717) is 0 Å². The van der Waals surface area contributed by atoms with Gasteiger partial charge in [0.2, 0.25) is 0 Å². The van der Waals surface area contributed by atoms with Crippen LogP contribution in [0.4, 0.5) is 17.1 Å². The third-order valence-electron chi connectivity index (χ3n) is 19.8. The zero-order valence-electron chi connectivity index (χ0n) is 46.9. The van der Waals surface area contributed by atoms with Gasteiger partial charge in [-0.3, -0.25) is 0 Å². The lowest BCUT2D eigenvalue weighted by atomic mass is 9.65. The first-order chi connectivity index (χ1) is 42.7. The highest BCUT2D eigenvalue weighted by molar-refractivity contribution is 6.13. The molecule has 2 spiro atoms. The smallest absolute Gasteiger partial charge is 0.0754 e. The van der Waals surface area contributed by atoms with E-state index in [4.69, 9.17) is 0 Å². The summed E-state index contributed by atoms with van der Waals surface area (Å²) in [7, 11) is 0. The van der Waals surface area contributed by atoms with E-state index >= 15 is 0 Å². The molecule has 1 aliphatic heterocycles. The number of hydrogen-bond acceptors (Lipinski definition) is 1. The lowest BCUT2D eigenvalue weighted by molar-refractivity contribution is 0.749. The Balaban J connectivity index is 0.790. The predicted octanol–water partition coefficient (Wildman–Crippen LogP) is 21.4. The molecule has 0 saturated carbocycles. The van der Waals surface area contributed by atoms with Gasteiger partial charge in [-0.25, -0.2) is 0 Å². The quantitative estimate of drug-likeness (QED) is 0.161. The minimum Gasteiger partial charge on any atom is -0.310 e. The Bertz CT molecular complexity index is 5330. The molecule has 1 aromatic heterocycles. The molecule has 0 saturated heterocycles. The number of anilines is 3. The van der Waals surface area contributed by atoms with Crippen LogP contribution in [0, 0.1) is 0 Å². The van der Waals surface area contributed by atoms with Crippen LogP contribution in [0.1, 0.15) is 44.5 Å². The van der Waals surface area contributed by atoms with Gasteiger partial charge in [0, 0.05) is 27.7 Å². The molecule has 0 bridgehead atoms. The van der Waals surface area contributed by atoms with Crippen molar-refractivity contribution in [1.82, 2.24) is 4.57 Å². The molecular formula is C84H52N2. The SMILES string of the molecule is c1ccc(-c2cccc(-c3ccccc3N(c3ccc4c(c3)C3(c5ccccc5-c5ccccc53)c3ccccc3-4)c3ccc4cc(-c5ccc6c(c5)C5(c7ccccc7-6)c6ccccc6-n6c7ccccc7c7cccc5c76)ccc4c3)c2)cc1. The molecular weight excluding hydrogens is 1040 g/mol. The molecule has 2 heterocycles. The summed E-state index contributed by atoms with van der Waals surface area (Å²) in [6.07, 6.45) is 0. The standard InChI is InChI=1S/C84H52N2/c1-2-20-53(21-3-1)54-22-18-23-59(49-54)62-24-8-15-37-79(62)85(61-45-47-68-66-28-6-12-33-73(66)83(78(68)52-61)71-31-10-4-25-63(71)64-26-5-11-32-72(64)83)60-44-42-56-48-55(40-41-57(56)50-60)58-43-46-67-65-27-7-13-34-74(65)84(77(67)51-58)75-35-14-17-39-81(75)86-80-38-16-9-29-69(80)70-30-19-36-76(84)82(70)86/h1-52H. The van der Waals surface area contributed by atoms with Gasteiger partial charge in [-0.1, -0.05) is 255 Å². The number of nitrogens with zero attached hydrogens (tertiary/aromatic N) is 2. The van der Waals surface area contributed by atoms with E-state index in [1.807, 2.05) is 0 Å². The number of benzene rings is 14. The Morgan fingerprint density at radius 3 is 1.43 bits per heavy atom. The first-order valence-corrected chi connectivity index (χ1v) is 30.1. The molecule has 3 aliphatic carbocycles. The summed E-state index contributed by atoms with van der Waals surface area (Å²) in [4.78, 5) is 2.52. The van der Waals surface area contributed by atoms with Gasteiger partial charge in [0.1, 0.15) is 0 Å². The van der Waals surface area contributed by atoms with Gasteiger partial charge in [0.15, 0.2) is 0 Å². The van der Waals surface area contributed by atoms with Crippen LogP contribution in [-0.4, -0.2) is 4.57 Å². The molecule has 4 aliphatic rings. The fraction of sp³-hybridized carbons (Fsp3) is 0.0238. The zero-order chi connectivity index (χ0) is 56.2. The van der Waals surface area contributed by atoms with E-state index < -0.39 is 10.8 Å². The summed E-state index contributed by atoms with van der Waals surface area (Å²) < 4.78 is 2.53. The van der Waals surface area contributed by atoms with Gasteiger partial charge in [-0.15, -0.1) is 0 Å². The monoisotopic (exact) mass is 1090 g/mol. The Kier molecular flexibility index (Phi) is 9.78. The molecule has 14 aromatic carbocycles. The van der Waals surface area contributed by atoms with Crippen LogP contribution in [0.5, 0.6) is 0 Å². The lowest BCUT2D eigenvalue weighted by Crippen LogP contribution is -2.33. The van der Waals surface area contributed by atoms with E-state index in [1.54, 1.807) is 0 Å². The fourth-order valence-electron chi connectivity index (χ4n) is 16.4. The average molecular weight is 1090 g/mol. The minimum atomic E-state index is -0.526. The zero-order valence-corrected chi connectivity index (χ0v) is 46.9. The predicted molar refractivity (Wildman–Crippen MR) is 356 cm³/mol.